The van der Waals surface area contributed by atoms with Crippen molar-refractivity contribution < 1.29 is 23.5 Å². The van der Waals surface area contributed by atoms with Crippen molar-refractivity contribution in [3.8, 4) is 5.75 Å². The number of ether oxygens (including phenoxy) is 1. The Bertz CT molecular complexity index is 1570. The number of barbiturate groups is 1. The molecule has 0 aliphatic carbocycles. The van der Waals surface area contributed by atoms with Gasteiger partial charge in [-0.3, -0.25) is 14.9 Å². The molecule has 4 amide bonds. The fourth-order valence-electron chi connectivity index (χ4n) is 4.65. The largest absolute Gasteiger partial charge is 0.494 e. The third kappa shape index (κ3) is 5.06. The number of aryl methyl sites for hydroxylation is 3. The number of hydrogen-bond donors (Lipinski definition) is 1. The lowest BCUT2D eigenvalue weighted by molar-refractivity contribution is -0.122. The Morgan fingerprint density at radius 2 is 1.66 bits per heavy atom. The van der Waals surface area contributed by atoms with E-state index in [1.54, 1.807) is 0 Å². The molecule has 0 spiro atoms. The molecule has 1 fully saturated rings. The van der Waals surface area contributed by atoms with Gasteiger partial charge in [0.2, 0.25) is 0 Å². The number of halogens is 1. The Balaban J connectivity index is 1.39. The van der Waals surface area contributed by atoms with E-state index >= 15 is 0 Å². The van der Waals surface area contributed by atoms with Crippen molar-refractivity contribution in [1.82, 2.24) is 9.88 Å². The molecule has 7 nitrogen and oxygen atoms in total. The summed E-state index contributed by atoms with van der Waals surface area (Å²) >= 11 is 0. The molecular formula is C30H26FN3O4. The number of hydrogen-bond acceptors (Lipinski definition) is 4. The number of nitrogens with zero attached hydrogens (tertiary/aromatic N) is 2. The van der Waals surface area contributed by atoms with Gasteiger partial charge < -0.3 is 9.30 Å². The molecule has 0 saturated carbocycles. The monoisotopic (exact) mass is 511 g/mol. The van der Waals surface area contributed by atoms with Crippen LogP contribution in [-0.2, 0) is 16.1 Å². The van der Waals surface area contributed by atoms with E-state index in [0.717, 1.165) is 51.2 Å². The normalized spacial score (nSPS) is 14.9. The number of aromatic nitrogens is 1. The fraction of sp³-hybridized carbons (Fsp3) is 0.167. The molecule has 5 rings (SSSR count). The Kier molecular flexibility index (Phi) is 6.79. The van der Waals surface area contributed by atoms with Crippen LogP contribution in [0.5, 0.6) is 5.75 Å². The number of carbonyl (C=O) groups is 3. The van der Waals surface area contributed by atoms with Crippen molar-refractivity contribution >= 4 is 40.5 Å². The van der Waals surface area contributed by atoms with Crippen molar-refractivity contribution in [1.29, 1.82) is 0 Å². The summed E-state index contributed by atoms with van der Waals surface area (Å²) in [5, 5.41) is 3.07. The Labute approximate surface area is 219 Å². The minimum atomic E-state index is -0.880. The highest BCUT2D eigenvalue weighted by atomic mass is 19.1. The van der Waals surface area contributed by atoms with Gasteiger partial charge in [0.25, 0.3) is 11.8 Å². The van der Waals surface area contributed by atoms with E-state index in [4.69, 9.17) is 4.74 Å². The number of amides is 4. The van der Waals surface area contributed by atoms with Crippen LogP contribution in [0.2, 0.25) is 0 Å². The Morgan fingerprint density at radius 3 is 2.39 bits per heavy atom. The second kappa shape index (κ2) is 10.3. The van der Waals surface area contributed by atoms with Gasteiger partial charge in [0.1, 0.15) is 17.1 Å². The van der Waals surface area contributed by atoms with Crippen molar-refractivity contribution in [2.24, 2.45) is 0 Å². The highest BCUT2D eigenvalue weighted by molar-refractivity contribution is 6.39. The molecule has 1 saturated heterocycles. The summed E-state index contributed by atoms with van der Waals surface area (Å²) in [7, 11) is 0. The number of nitrogens with one attached hydrogen (secondary N) is 1. The van der Waals surface area contributed by atoms with E-state index in [-0.39, 0.29) is 11.3 Å². The minimum absolute atomic E-state index is 0.165. The summed E-state index contributed by atoms with van der Waals surface area (Å²) in [4.78, 5) is 39.2. The number of benzene rings is 3. The summed E-state index contributed by atoms with van der Waals surface area (Å²) in [5.74, 6) is -1.22. The molecule has 0 unspecified atom stereocenters. The molecule has 0 atom stereocenters. The van der Waals surface area contributed by atoms with Gasteiger partial charge in [-0.15, -0.1) is 0 Å². The molecular weight excluding hydrogens is 485 g/mol. The zero-order valence-corrected chi connectivity index (χ0v) is 21.0. The lowest BCUT2D eigenvalue weighted by atomic mass is 10.1. The molecule has 1 aliphatic rings. The second-order valence-corrected chi connectivity index (χ2v) is 9.25. The van der Waals surface area contributed by atoms with Crippen LogP contribution in [0.25, 0.3) is 17.0 Å². The molecule has 38 heavy (non-hydrogen) atoms. The van der Waals surface area contributed by atoms with Crippen LogP contribution in [-0.4, -0.2) is 29.0 Å². The van der Waals surface area contributed by atoms with E-state index in [1.165, 1.54) is 18.2 Å². The van der Waals surface area contributed by atoms with Gasteiger partial charge in [-0.2, -0.15) is 0 Å². The van der Waals surface area contributed by atoms with Crippen LogP contribution in [0.3, 0.4) is 0 Å². The van der Waals surface area contributed by atoms with E-state index in [2.05, 4.69) is 16.0 Å². The van der Waals surface area contributed by atoms with Crippen LogP contribution in [0.1, 0.15) is 23.1 Å². The topological polar surface area (TPSA) is 80.6 Å². The molecule has 192 valence electrons. The SMILES string of the molecule is Cc1cc(C)cc(OCCCn2cc(C=C3C(=O)NC(=O)N(c4ccc(F)cc4)C3=O)c3ccccc32)c1. The van der Waals surface area contributed by atoms with Crippen molar-refractivity contribution in [3.05, 3.63) is 101 Å². The molecule has 4 aromatic rings. The summed E-state index contributed by atoms with van der Waals surface area (Å²) in [6.45, 7) is 5.26. The van der Waals surface area contributed by atoms with E-state index in [9.17, 15) is 18.8 Å². The van der Waals surface area contributed by atoms with Crippen LogP contribution >= 0.6 is 0 Å². The number of anilines is 1. The smallest absolute Gasteiger partial charge is 0.335 e. The van der Waals surface area contributed by atoms with Gasteiger partial charge in [0.15, 0.2) is 0 Å². The third-order valence-electron chi connectivity index (χ3n) is 6.31. The molecule has 1 aromatic heterocycles. The quantitative estimate of drug-likeness (QED) is 0.201. The zero-order valence-electron chi connectivity index (χ0n) is 21.0. The fourth-order valence-corrected chi connectivity index (χ4v) is 4.65. The third-order valence-corrected chi connectivity index (χ3v) is 6.31. The van der Waals surface area contributed by atoms with Gasteiger partial charge in [0, 0.05) is 29.2 Å². The first kappa shape index (κ1) is 25.0. The van der Waals surface area contributed by atoms with Gasteiger partial charge in [-0.05, 0) is 79.9 Å². The number of imide groups is 2. The molecule has 8 heteroatoms. The number of urea groups is 1. The molecule has 0 radical (unpaired) electrons. The first-order chi connectivity index (χ1) is 18.3. The van der Waals surface area contributed by atoms with E-state index in [1.807, 2.05) is 56.4 Å². The van der Waals surface area contributed by atoms with Crippen LogP contribution in [0, 0.1) is 19.7 Å². The predicted octanol–water partition coefficient (Wildman–Crippen LogP) is 5.53. The van der Waals surface area contributed by atoms with Crippen LogP contribution in [0.4, 0.5) is 14.9 Å². The average Bonchev–Trinajstić information content (AvgIpc) is 3.22. The standard InChI is InChI=1S/C30H26FN3O4/c1-19-14-20(2)16-24(15-19)38-13-5-12-33-18-21(25-6-3-4-7-27(25)33)17-26-28(35)32-30(37)34(29(26)36)23-10-8-22(31)9-11-23/h3-4,6-11,14-18H,5,12-13H2,1-2H3,(H,32,35,37). The first-order valence-corrected chi connectivity index (χ1v) is 12.3. The van der Waals surface area contributed by atoms with Crippen molar-refractivity contribution in [2.75, 3.05) is 11.5 Å². The van der Waals surface area contributed by atoms with Crippen LogP contribution < -0.4 is 15.0 Å². The lowest BCUT2D eigenvalue weighted by Gasteiger charge is -2.26. The second-order valence-electron chi connectivity index (χ2n) is 9.25. The zero-order chi connectivity index (χ0) is 26.8. The van der Waals surface area contributed by atoms with Gasteiger partial charge in [-0.25, -0.2) is 14.1 Å². The maximum Gasteiger partial charge on any atom is 0.335 e. The number of para-hydroxylation sites is 1. The maximum absolute atomic E-state index is 13.4. The summed E-state index contributed by atoms with van der Waals surface area (Å²) in [5.41, 5.74) is 3.89. The molecule has 0 bridgehead atoms. The predicted molar refractivity (Wildman–Crippen MR) is 143 cm³/mol. The average molecular weight is 512 g/mol. The van der Waals surface area contributed by atoms with Crippen molar-refractivity contribution in [3.63, 3.8) is 0 Å². The van der Waals surface area contributed by atoms with Gasteiger partial charge >= 0.3 is 6.03 Å². The highest BCUT2D eigenvalue weighted by Crippen LogP contribution is 2.27. The van der Waals surface area contributed by atoms with Gasteiger partial charge in [0.05, 0.1) is 12.3 Å². The Hall–Kier alpha value is -4.72. The van der Waals surface area contributed by atoms with Crippen LogP contribution in [0.15, 0.2) is 78.5 Å². The number of carbonyl (C=O) groups excluding carboxylic acids is 3. The number of fused-ring (bicyclic) bond motifs is 1. The van der Waals surface area contributed by atoms with Crippen molar-refractivity contribution in [2.45, 2.75) is 26.8 Å². The summed E-state index contributed by atoms with van der Waals surface area (Å²) in [6.07, 6.45) is 4.12. The minimum Gasteiger partial charge on any atom is -0.494 e. The molecule has 3 aromatic carbocycles. The first-order valence-electron chi connectivity index (χ1n) is 12.3. The van der Waals surface area contributed by atoms with Gasteiger partial charge in [-0.1, -0.05) is 24.3 Å². The Morgan fingerprint density at radius 1 is 0.947 bits per heavy atom. The molecule has 1 aliphatic heterocycles. The van der Waals surface area contributed by atoms with E-state index in [0.29, 0.717) is 18.7 Å². The molecule has 1 N–H and O–H groups in total. The lowest BCUT2D eigenvalue weighted by Crippen LogP contribution is -2.54. The summed E-state index contributed by atoms with van der Waals surface area (Å²) < 4.78 is 21.4. The summed E-state index contributed by atoms with van der Waals surface area (Å²) in [6, 6.07) is 17.8. The molecule has 2 heterocycles. The maximum atomic E-state index is 13.4. The van der Waals surface area contributed by atoms with E-state index < -0.39 is 23.7 Å². The number of rotatable bonds is 7. The highest BCUT2D eigenvalue weighted by Gasteiger charge is 2.37.